The van der Waals surface area contributed by atoms with Gasteiger partial charge in [0.25, 0.3) is 0 Å². The smallest absolute Gasteiger partial charge is 0.0441 e. The van der Waals surface area contributed by atoms with E-state index in [-0.39, 0.29) is 0 Å². The van der Waals surface area contributed by atoms with Gasteiger partial charge in [-0.2, -0.15) is 0 Å². The lowest BCUT2D eigenvalue weighted by Crippen LogP contribution is -2.32. The molecular formula is C17H28ClN. The van der Waals surface area contributed by atoms with Crippen LogP contribution in [0.15, 0.2) is 18.2 Å². The minimum Gasteiger partial charge on any atom is -0.314 e. The minimum atomic E-state index is 0.544. The fourth-order valence-electron chi connectivity index (χ4n) is 2.24. The van der Waals surface area contributed by atoms with Gasteiger partial charge in [-0.15, -0.1) is 0 Å². The number of hydrogen-bond donors (Lipinski definition) is 1. The van der Waals surface area contributed by atoms with Crippen LogP contribution in [0.25, 0.3) is 0 Å². The number of rotatable bonds is 8. The molecule has 19 heavy (non-hydrogen) atoms. The second kappa shape index (κ2) is 8.60. The number of benzene rings is 1. The van der Waals surface area contributed by atoms with E-state index in [9.17, 15) is 0 Å². The first kappa shape index (κ1) is 16.5. The Hall–Kier alpha value is -0.530. The standard InChI is InChI=1S/C17H28ClN/c1-5-10-19-16(9-6-13(2)3)12-15-8-7-14(4)11-17(15)18/h7-8,11,13,16,19H,5-6,9-10,12H2,1-4H3. The van der Waals surface area contributed by atoms with Gasteiger partial charge in [-0.05, 0) is 62.3 Å². The Morgan fingerprint density at radius 3 is 2.53 bits per heavy atom. The van der Waals surface area contributed by atoms with Gasteiger partial charge in [-0.3, -0.25) is 0 Å². The summed E-state index contributed by atoms with van der Waals surface area (Å²) in [7, 11) is 0. The minimum absolute atomic E-state index is 0.544. The molecule has 0 amide bonds. The topological polar surface area (TPSA) is 12.0 Å². The SMILES string of the molecule is CCCNC(CCC(C)C)Cc1ccc(C)cc1Cl. The first-order valence-electron chi connectivity index (χ1n) is 7.51. The second-order valence-corrected chi connectivity index (χ2v) is 6.33. The summed E-state index contributed by atoms with van der Waals surface area (Å²) >= 11 is 6.34. The molecule has 0 fully saturated rings. The molecule has 0 aliphatic carbocycles. The lowest BCUT2D eigenvalue weighted by Gasteiger charge is -2.20. The Labute approximate surface area is 123 Å². The summed E-state index contributed by atoms with van der Waals surface area (Å²) in [5, 5.41) is 4.57. The van der Waals surface area contributed by atoms with Gasteiger partial charge >= 0.3 is 0 Å². The van der Waals surface area contributed by atoms with Crippen LogP contribution in [0.1, 0.15) is 51.2 Å². The van der Waals surface area contributed by atoms with Crippen molar-refractivity contribution in [1.82, 2.24) is 5.32 Å². The normalized spacial score (nSPS) is 12.9. The predicted octanol–water partition coefficient (Wildman–Crippen LogP) is 5.00. The molecule has 1 aromatic carbocycles. The van der Waals surface area contributed by atoms with Gasteiger partial charge in [0, 0.05) is 11.1 Å². The highest BCUT2D eigenvalue weighted by molar-refractivity contribution is 6.31. The molecule has 2 heteroatoms. The summed E-state index contributed by atoms with van der Waals surface area (Å²) in [5.41, 5.74) is 2.50. The fraction of sp³-hybridized carbons (Fsp3) is 0.647. The van der Waals surface area contributed by atoms with Gasteiger partial charge < -0.3 is 5.32 Å². The van der Waals surface area contributed by atoms with Crippen LogP contribution < -0.4 is 5.32 Å². The van der Waals surface area contributed by atoms with E-state index in [4.69, 9.17) is 11.6 Å². The lowest BCUT2D eigenvalue weighted by molar-refractivity contribution is 0.427. The molecule has 0 aromatic heterocycles. The summed E-state index contributed by atoms with van der Waals surface area (Å²) in [6, 6.07) is 6.94. The molecular weight excluding hydrogens is 254 g/mol. The zero-order chi connectivity index (χ0) is 14.3. The molecule has 0 aliphatic heterocycles. The molecule has 0 spiro atoms. The summed E-state index contributed by atoms with van der Waals surface area (Å²) < 4.78 is 0. The van der Waals surface area contributed by atoms with Crippen molar-refractivity contribution < 1.29 is 0 Å². The second-order valence-electron chi connectivity index (χ2n) is 5.92. The molecule has 0 radical (unpaired) electrons. The quantitative estimate of drug-likeness (QED) is 0.707. The van der Waals surface area contributed by atoms with Gasteiger partial charge in [0.15, 0.2) is 0 Å². The van der Waals surface area contributed by atoms with E-state index >= 15 is 0 Å². The van der Waals surface area contributed by atoms with Gasteiger partial charge in [0.2, 0.25) is 0 Å². The third-order valence-electron chi connectivity index (χ3n) is 3.45. The zero-order valence-electron chi connectivity index (χ0n) is 12.8. The zero-order valence-corrected chi connectivity index (χ0v) is 13.6. The Bertz CT molecular complexity index is 374. The van der Waals surface area contributed by atoms with Crippen LogP contribution in [0, 0.1) is 12.8 Å². The monoisotopic (exact) mass is 281 g/mol. The number of nitrogens with one attached hydrogen (secondary N) is 1. The highest BCUT2D eigenvalue weighted by atomic mass is 35.5. The molecule has 1 N–H and O–H groups in total. The first-order chi connectivity index (χ1) is 9.02. The Kier molecular flexibility index (Phi) is 7.48. The molecule has 0 bridgehead atoms. The highest BCUT2D eigenvalue weighted by Crippen LogP contribution is 2.21. The van der Waals surface area contributed by atoms with Crippen LogP contribution in [0.5, 0.6) is 0 Å². The van der Waals surface area contributed by atoms with Crippen molar-refractivity contribution >= 4 is 11.6 Å². The Balaban J connectivity index is 2.63. The molecule has 1 unspecified atom stereocenters. The number of halogens is 1. The van der Waals surface area contributed by atoms with E-state index in [1.807, 2.05) is 0 Å². The molecule has 0 heterocycles. The van der Waals surface area contributed by atoms with Crippen LogP contribution in [0.4, 0.5) is 0 Å². The molecule has 0 aliphatic rings. The number of aryl methyl sites for hydroxylation is 1. The van der Waals surface area contributed by atoms with Gasteiger partial charge in [-0.25, -0.2) is 0 Å². The molecule has 0 saturated carbocycles. The summed E-state index contributed by atoms with van der Waals surface area (Å²) in [6.07, 6.45) is 4.71. The fourth-order valence-corrected chi connectivity index (χ4v) is 2.55. The van der Waals surface area contributed by atoms with Crippen molar-refractivity contribution in [2.45, 2.75) is 59.4 Å². The van der Waals surface area contributed by atoms with Crippen molar-refractivity contribution in [3.8, 4) is 0 Å². The van der Waals surface area contributed by atoms with E-state index in [2.05, 4.69) is 51.2 Å². The van der Waals surface area contributed by atoms with E-state index in [1.165, 1.54) is 30.4 Å². The number of hydrogen-bond acceptors (Lipinski definition) is 1. The predicted molar refractivity (Wildman–Crippen MR) is 86.0 cm³/mol. The highest BCUT2D eigenvalue weighted by Gasteiger charge is 2.12. The largest absolute Gasteiger partial charge is 0.314 e. The van der Waals surface area contributed by atoms with Crippen molar-refractivity contribution in [3.63, 3.8) is 0 Å². The van der Waals surface area contributed by atoms with Crippen LogP contribution in [0.2, 0.25) is 5.02 Å². The van der Waals surface area contributed by atoms with Crippen molar-refractivity contribution in [3.05, 3.63) is 34.3 Å². The van der Waals surface area contributed by atoms with Gasteiger partial charge in [0.05, 0.1) is 0 Å². The summed E-state index contributed by atoms with van der Waals surface area (Å²) in [5.74, 6) is 0.763. The van der Waals surface area contributed by atoms with Crippen molar-refractivity contribution in [1.29, 1.82) is 0 Å². The van der Waals surface area contributed by atoms with E-state index in [1.54, 1.807) is 0 Å². The van der Waals surface area contributed by atoms with Crippen LogP contribution >= 0.6 is 11.6 Å². The average Bonchev–Trinajstić information content (AvgIpc) is 2.35. The molecule has 1 aromatic rings. The maximum absolute atomic E-state index is 6.34. The van der Waals surface area contributed by atoms with Crippen LogP contribution in [0.3, 0.4) is 0 Å². The molecule has 1 rings (SSSR count). The maximum atomic E-state index is 6.34. The van der Waals surface area contributed by atoms with Crippen LogP contribution in [-0.4, -0.2) is 12.6 Å². The van der Waals surface area contributed by atoms with Crippen molar-refractivity contribution in [2.24, 2.45) is 5.92 Å². The van der Waals surface area contributed by atoms with Crippen molar-refractivity contribution in [2.75, 3.05) is 6.54 Å². The Morgan fingerprint density at radius 2 is 1.95 bits per heavy atom. The van der Waals surface area contributed by atoms with E-state index < -0.39 is 0 Å². The molecule has 1 atom stereocenters. The summed E-state index contributed by atoms with van der Waals surface area (Å²) in [6.45, 7) is 9.96. The third-order valence-corrected chi connectivity index (χ3v) is 3.80. The molecule has 0 saturated heterocycles. The van der Waals surface area contributed by atoms with E-state index in [0.29, 0.717) is 6.04 Å². The maximum Gasteiger partial charge on any atom is 0.0441 e. The molecule has 108 valence electrons. The van der Waals surface area contributed by atoms with Crippen LogP contribution in [-0.2, 0) is 6.42 Å². The summed E-state index contributed by atoms with van der Waals surface area (Å²) in [4.78, 5) is 0. The first-order valence-corrected chi connectivity index (χ1v) is 7.89. The average molecular weight is 282 g/mol. The third kappa shape index (κ3) is 6.44. The lowest BCUT2D eigenvalue weighted by atomic mass is 9.97. The van der Waals surface area contributed by atoms with Gasteiger partial charge in [-0.1, -0.05) is 44.5 Å². The van der Waals surface area contributed by atoms with E-state index in [0.717, 1.165) is 23.9 Å². The Morgan fingerprint density at radius 1 is 1.21 bits per heavy atom. The molecule has 1 nitrogen and oxygen atoms in total. The van der Waals surface area contributed by atoms with Gasteiger partial charge in [0.1, 0.15) is 0 Å².